The van der Waals surface area contributed by atoms with Crippen molar-refractivity contribution in [2.24, 2.45) is 11.3 Å². The molecule has 1 saturated carbocycles. The van der Waals surface area contributed by atoms with E-state index in [1.54, 1.807) is 0 Å². The zero-order valence-corrected chi connectivity index (χ0v) is 12.0. The molecule has 0 saturated heterocycles. The Balaban J connectivity index is 2.63. The van der Waals surface area contributed by atoms with Gasteiger partial charge in [0.05, 0.1) is 0 Å². The molecule has 100 valence electrons. The second kappa shape index (κ2) is 6.53. The van der Waals surface area contributed by atoms with Crippen molar-refractivity contribution < 1.29 is 4.79 Å². The van der Waals surface area contributed by atoms with E-state index in [2.05, 4.69) is 32.6 Å². The second-order valence-electron chi connectivity index (χ2n) is 6.23. The number of aldehydes is 1. The van der Waals surface area contributed by atoms with E-state index in [9.17, 15) is 4.79 Å². The van der Waals surface area contributed by atoms with E-state index in [1.807, 2.05) is 0 Å². The molecular formula is C15H29NO. The highest BCUT2D eigenvalue weighted by molar-refractivity contribution is 5.60. The van der Waals surface area contributed by atoms with Crippen LogP contribution in [0.15, 0.2) is 0 Å². The molecule has 0 spiro atoms. The molecule has 1 rings (SSSR count). The van der Waals surface area contributed by atoms with Crippen LogP contribution >= 0.6 is 0 Å². The lowest BCUT2D eigenvalue weighted by atomic mass is 9.71. The first kappa shape index (κ1) is 14.7. The molecule has 2 heteroatoms. The Labute approximate surface area is 107 Å². The molecule has 0 aliphatic heterocycles. The van der Waals surface area contributed by atoms with Gasteiger partial charge < -0.3 is 4.79 Å². The molecule has 0 N–H and O–H groups in total. The maximum absolute atomic E-state index is 11.5. The van der Waals surface area contributed by atoms with E-state index in [-0.39, 0.29) is 5.41 Å². The van der Waals surface area contributed by atoms with E-state index >= 15 is 0 Å². The van der Waals surface area contributed by atoms with E-state index in [4.69, 9.17) is 0 Å². The van der Waals surface area contributed by atoms with Gasteiger partial charge in [-0.05, 0) is 58.4 Å². The van der Waals surface area contributed by atoms with E-state index in [1.165, 1.54) is 25.5 Å². The van der Waals surface area contributed by atoms with Crippen molar-refractivity contribution in [2.45, 2.75) is 65.8 Å². The van der Waals surface area contributed by atoms with Gasteiger partial charge in [-0.1, -0.05) is 13.8 Å². The monoisotopic (exact) mass is 239 g/mol. The van der Waals surface area contributed by atoms with Crippen molar-refractivity contribution in [2.75, 3.05) is 13.1 Å². The van der Waals surface area contributed by atoms with Gasteiger partial charge in [0.2, 0.25) is 0 Å². The van der Waals surface area contributed by atoms with Crippen molar-refractivity contribution in [1.29, 1.82) is 0 Å². The van der Waals surface area contributed by atoms with Gasteiger partial charge in [-0.2, -0.15) is 0 Å². The van der Waals surface area contributed by atoms with Crippen LogP contribution in [0.1, 0.15) is 59.8 Å². The Bertz CT molecular complexity index is 229. The van der Waals surface area contributed by atoms with Crippen LogP contribution in [0.2, 0.25) is 0 Å². The smallest absolute Gasteiger partial charge is 0.127 e. The summed E-state index contributed by atoms with van der Waals surface area (Å²) in [5.41, 5.74) is -0.0497. The highest BCUT2D eigenvalue weighted by Crippen LogP contribution is 2.38. The average Bonchev–Trinajstić information content (AvgIpc) is 2.31. The van der Waals surface area contributed by atoms with Crippen LogP contribution in [0, 0.1) is 11.3 Å². The SMILES string of the molecule is CCCN(CC1(C=O)CCC(C)CC1)C(C)C. The first-order valence-corrected chi connectivity index (χ1v) is 7.23. The first-order valence-electron chi connectivity index (χ1n) is 7.23. The number of hydrogen-bond donors (Lipinski definition) is 0. The summed E-state index contributed by atoms with van der Waals surface area (Å²) >= 11 is 0. The van der Waals surface area contributed by atoms with Crippen LogP contribution < -0.4 is 0 Å². The third-order valence-electron chi connectivity index (χ3n) is 4.28. The highest BCUT2D eigenvalue weighted by atomic mass is 16.1. The molecule has 2 nitrogen and oxygen atoms in total. The normalized spacial score (nSPS) is 29.9. The molecule has 0 amide bonds. The summed E-state index contributed by atoms with van der Waals surface area (Å²) in [5, 5.41) is 0. The van der Waals surface area contributed by atoms with Crippen LogP contribution in [0.3, 0.4) is 0 Å². The van der Waals surface area contributed by atoms with Crippen molar-refractivity contribution in [3.63, 3.8) is 0 Å². The van der Waals surface area contributed by atoms with E-state index < -0.39 is 0 Å². The molecule has 0 bridgehead atoms. The number of carbonyl (C=O) groups is 1. The summed E-state index contributed by atoms with van der Waals surface area (Å²) < 4.78 is 0. The minimum absolute atomic E-state index is 0.0497. The average molecular weight is 239 g/mol. The predicted octanol–water partition coefficient (Wildman–Crippen LogP) is 3.50. The zero-order chi connectivity index (χ0) is 12.9. The summed E-state index contributed by atoms with van der Waals surface area (Å²) in [7, 11) is 0. The Morgan fingerprint density at radius 1 is 1.35 bits per heavy atom. The molecule has 0 unspecified atom stereocenters. The fourth-order valence-electron chi connectivity index (χ4n) is 2.86. The summed E-state index contributed by atoms with van der Waals surface area (Å²) in [4.78, 5) is 14.0. The predicted molar refractivity (Wildman–Crippen MR) is 73.1 cm³/mol. The molecule has 0 heterocycles. The number of rotatable bonds is 6. The molecule has 0 aromatic heterocycles. The molecule has 0 atom stereocenters. The minimum Gasteiger partial charge on any atom is -0.303 e. The lowest BCUT2D eigenvalue weighted by Gasteiger charge is -2.40. The summed E-state index contributed by atoms with van der Waals surface area (Å²) in [5.74, 6) is 0.807. The topological polar surface area (TPSA) is 20.3 Å². The van der Waals surface area contributed by atoms with E-state index in [0.29, 0.717) is 6.04 Å². The lowest BCUT2D eigenvalue weighted by molar-refractivity contribution is -0.120. The number of hydrogen-bond acceptors (Lipinski definition) is 2. The van der Waals surface area contributed by atoms with Gasteiger partial charge >= 0.3 is 0 Å². The zero-order valence-electron chi connectivity index (χ0n) is 12.0. The first-order chi connectivity index (χ1) is 8.03. The van der Waals surface area contributed by atoms with Crippen molar-refractivity contribution in [3.8, 4) is 0 Å². The molecule has 0 aromatic carbocycles. The fraction of sp³-hybridized carbons (Fsp3) is 0.933. The second-order valence-corrected chi connectivity index (χ2v) is 6.23. The van der Waals surface area contributed by atoms with Crippen LogP contribution in [-0.4, -0.2) is 30.3 Å². The van der Waals surface area contributed by atoms with Crippen molar-refractivity contribution in [1.82, 2.24) is 4.90 Å². The highest BCUT2D eigenvalue weighted by Gasteiger charge is 2.35. The molecular weight excluding hydrogens is 210 g/mol. The van der Waals surface area contributed by atoms with Crippen LogP contribution in [-0.2, 0) is 4.79 Å². The molecule has 17 heavy (non-hydrogen) atoms. The maximum Gasteiger partial charge on any atom is 0.127 e. The standard InChI is InChI=1S/C15H29NO/c1-5-10-16(13(2)3)11-15(12-17)8-6-14(4)7-9-15/h12-14H,5-11H2,1-4H3. The van der Waals surface area contributed by atoms with Crippen LogP contribution in [0.4, 0.5) is 0 Å². The van der Waals surface area contributed by atoms with Gasteiger partial charge in [0.15, 0.2) is 0 Å². The molecule has 0 radical (unpaired) electrons. The van der Waals surface area contributed by atoms with Crippen molar-refractivity contribution in [3.05, 3.63) is 0 Å². The minimum atomic E-state index is -0.0497. The summed E-state index contributed by atoms with van der Waals surface area (Å²) in [6.07, 6.45) is 7.04. The van der Waals surface area contributed by atoms with Gasteiger partial charge in [0.1, 0.15) is 6.29 Å². The molecule has 1 aliphatic rings. The summed E-state index contributed by atoms with van der Waals surface area (Å²) in [6, 6.07) is 0.547. The van der Waals surface area contributed by atoms with Crippen molar-refractivity contribution >= 4 is 6.29 Å². The maximum atomic E-state index is 11.5. The van der Waals surface area contributed by atoms with E-state index in [0.717, 1.165) is 31.8 Å². The molecule has 1 aliphatic carbocycles. The van der Waals surface area contributed by atoms with Gasteiger partial charge in [0.25, 0.3) is 0 Å². The van der Waals surface area contributed by atoms with Gasteiger partial charge in [0, 0.05) is 18.0 Å². The largest absolute Gasteiger partial charge is 0.303 e. The Kier molecular flexibility index (Phi) is 5.64. The van der Waals surface area contributed by atoms with Crippen LogP contribution in [0.5, 0.6) is 0 Å². The number of carbonyl (C=O) groups excluding carboxylic acids is 1. The summed E-state index contributed by atoms with van der Waals surface area (Å²) in [6.45, 7) is 11.1. The quantitative estimate of drug-likeness (QED) is 0.661. The Morgan fingerprint density at radius 3 is 2.35 bits per heavy atom. The van der Waals surface area contributed by atoms with Crippen LogP contribution in [0.25, 0.3) is 0 Å². The molecule has 0 aromatic rings. The molecule has 1 fully saturated rings. The third-order valence-corrected chi connectivity index (χ3v) is 4.28. The lowest BCUT2D eigenvalue weighted by Crippen LogP contribution is -2.44. The Morgan fingerprint density at radius 2 is 1.94 bits per heavy atom. The van der Waals surface area contributed by atoms with Gasteiger partial charge in [-0.15, -0.1) is 0 Å². The fourth-order valence-corrected chi connectivity index (χ4v) is 2.86. The van der Waals surface area contributed by atoms with Gasteiger partial charge in [-0.25, -0.2) is 0 Å². The third kappa shape index (κ3) is 4.09. The van der Waals surface area contributed by atoms with Gasteiger partial charge in [-0.3, -0.25) is 4.90 Å². The Hall–Kier alpha value is -0.370. The number of nitrogens with zero attached hydrogens (tertiary/aromatic N) is 1.